The standard InChI is InChI=1S/C25H27NO2.C3H8O/c1-18(24-8-4-6-20-5-2-3-7-25(20)24)26-22-12-9-21(17-22)19-10-13-23(14-11-19)28-16-15-27;1-3-4-2/h2-8,10-11,13-15,18,21-22,26H,9,12,16-17H2,1H3;3H2,1-2H3. The number of benzene rings is 3. The van der Waals surface area contributed by atoms with Gasteiger partial charge >= 0.3 is 0 Å². The quantitative estimate of drug-likeness (QED) is 0.439. The fraction of sp³-hybridized carbons (Fsp3) is 0.393. The molecular weight excluding hydrogens is 398 g/mol. The summed E-state index contributed by atoms with van der Waals surface area (Å²) in [7, 11) is 1.68. The van der Waals surface area contributed by atoms with Crippen LogP contribution >= 0.6 is 0 Å². The molecular formula is C28H35NO3. The minimum atomic E-state index is 0.112. The molecule has 0 aliphatic heterocycles. The summed E-state index contributed by atoms with van der Waals surface area (Å²) in [6.07, 6.45) is 4.33. The average molecular weight is 434 g/mol. The molecule has 0 spiro atoms. The van der Waals surface area contributed by atoms with Crippen molar-refractivity contribution in [3.05, 3.63) is 77.9 Å². The van der Waals surface area contributed by atoms with Gasteiger partial charge in [0.15, 0.2) is 6.29 Å². The molecule has 4 nitrogen and oxygen atoms in total. The Balaban J connectivity index is 0.000000668. The van der Waals surface area contributed by atoms with Gasteiger partial charge in [0, 0.05) is 25.8 Å². The maximum Gasteiger partial charge on any atom is 0.157 e. The van der Waals surface area contributed by atoms with Gasteiger partial charge < -0.3 is 14.8 Å². The van der Waals surface area contributed by atoms with Crippen molar-refractivity contribution in [1.82, 2.24) is 5.32 Å². The second-order valence-electron chi connectivity index (χ2n) is 8.29. The Hall–Kier alpha value is -2.69. The molecule has 1 fully saturated rings. The lowest BCUT2D eigenvalue weighted by Crippen LogP contribution is -2.29. The molecule has 0 aromatic heterocycles. The van der Waals surface area contributed by atoms with E-state index in [1.54, 1.807) is 7.11 Å². The Morgan fingerprint density at radius 1 is 1.03 bits per heavy atom. The SMILES string of the molecule is CC(NC1CCC(c2ccc(OCC=O)cc2)C1)c1cccc2ccccc12.CCOC. The van der Waals surface area contributed by atoms with Crippen LogP contribution in [0.2, 0.25) is 0 Å². The number of hydrogen-bond donors (Lipinski definition) is 1. The molecule has 3 aromatic carbocycles. The van der Waals surface area contributed by atoms with Gasteiger partial charge in [0.05, 0.1) is 0 Å². The van der Waals surface area contributed by atoms with Crippen LogP contribution in [0.4, 0.5) is 0 Å². The molecule has 170 valence electrons. The normalized spacial score (nSPS) is 18.6. The van der Waals surface area contributed by atoms with E-state index in [9.17, 15) is 4.79 Å². The number of rotatable bonds is 8. The maximum atomic E-state index is 10.4. The fourth-order valence-corrected chi connectivity index (χ4v) is 4.47. The van der Waals surface area contributed by atoms with E-state index in [1.165, 1.54) is 34.7 Å². The van der Waals surface area contributed by atoms with Crippen molar-refractivity contribution in [3.8, 4) is 5.75 Å². The molecule has 1 aliphatic rings. The van der Waals surface area contributed by atoms with Crippen molar-refractivity contribution in [3.63, 3.8) is 0 Å². The third kappa shape index (κ3) is 6.41. The summed E-state index contributed by atoms with van der Waals surface area (Å²) in [5, 5.41) is 6.50. The highest BCUT2D eigenvalue weighted by atomic mass is 16.5. The van der Waals surface area contributed by atoms with E-state index in [-0.39, 0.29) is 6.61 Å². The van der Waals surface area contributed by atoms with E-state index < -0.39 is 0 Å². The van der Waals surface area contributed by atoms with Gasteiger partial charge in [0.1, 0.15) is 12.4 Å². The Morgan fingerprint density at radius 2 is 1.75 bits per heavy atom. The van der Waals surface area contributed by atoms with Crippen molar-refractivity contribution < 1.29 is 14.3 Å². The molecule has 0 heterocycles. The third-order valence-electron chi connectivity index (χ3n) is 6.17. The third-order valence-corrected chi connectivity index (χ3v) is 6.17. The molecule has 0 bridgehead atoms. The van der Waals surface area contributed by atoms with Crippen LogP contribution in [0, 0.1) is 0 Å². The zero-order chi connectivity index (χ0) is 22.8. The van der Waals surface area contributed by atoms with Crippen LogP contribution in [-0.2, 0) is 9.53 Å². The summed E-state index contributed by atoms with van der Waals surface area (Å²) in [6.45, 7) is 5.16. The highest BCUT2D eigenvalue weighted by Crippen LogP contribution is 2.36. The lowest BCUT2D eigenvalue weighted by atomic mass is 9.96. The lowest BCUT2D eigenvalue weighted by molar-refractivity contribution is -0.109. The first-order valence-electron chi connectivity index (χ1n) is 11.5. The number of carbonyl (C=O) groups is 1. The van der Waals surface area contributed by atoms with E-state index >= 15 is 0 Å². The summed E-state index contributed by atoms with van der Waals surface area (Å²) in [5.74, 6) is 1.34. The number of nitrogens with one attached hydrogen (secondary N) is 1. The van der Waals surface area contributed by atoms with E-state index in [1.807, 2.05) is 19.1 Å². The van der Waals surface area contributed by atoms with Crippen LogP contribution in [0.1, 0.15) is 56.2 Å². The first-order valence-corrected chi connectivity index (χ1v) is 11.5. The molecule has 0 saturated heterocycles. The molecule has 3 atom stereocenters. The van der Waals surface area contributed by atoms with Gasteiger partial charge in [-0.1, -0.05) is 54.6 Å². The number of methoxy groups -OCH3 is 1. The van der Waals surface area contributed by atoms with Crippen molar-refractivity contribution in [2.24, 2.45) is 0 Å². The van der Waals surface area contributed by atoms with Gasteiger partial charge in [-0.2, -0.15) is 0 Å². The van der Waals surface area contributed by atoms with Gasteiger partial charge in [-0.05, 0) is 73.1 Å². The Labute approximate surface area is 191 Å². The second-order valence-corrected chi connectivity index (χ2v) is 8.29. The zero-order valence-corrected chi connectivity index (χ0v) is 19.4. The van der Waals surface area contributed by atoms with Crippen molar-refractivity contribution >= 4 is 17.1 Å². The van der Waals surface area contributed by atoms with Crippen molar-refractivity contribution in [1.29, 1.82) is 0 Å². The van der Waals surface area contributed by atoms with Crippen LogP contribution in [0.15, 0.2) is 66.7 Å². The summed E-state index contributed by atoms with van der Waals surface area (Å²) in [5.41, 5.74) is 2.73. The first-order chi connectivity index (χ1) is 15.7. The molecule has 1 aliphatic carbocycles. The van der Waals surface area contributed by atoms with E-state index in [0.717, 1.165) is 25.1 Å². The number of aldehydes is 1. The van der Waals surface area contributed by atoms with Gasteiger partial charge in [-0.3, -0.25) is 4.79 Å². The van der Waals surface area contributed by atoms with E-state index in [0.29, 0.717) is 18.0 Å². The fourth-order valence-electron chi connectivity index (χ4n) is 4.47. The maximum absolute atomic E-state index is 10.4. The minimum absolute atomic E-state index is 0.112. The molecule has 4 rings (SSSR count). The van der Waals surface area contributed by atoms with Crippen LogP contribution in [-0.4, -0.2) is 32.7 Å². The number of carbonyl (C=O) groups excluding carboxylic acids is 1. The molecule has 32 heavy (non-hydrogen) atoms. The van der Waals surface area contributed by atoms with Crippen LogP contribution in [0.5, 0.6) is 5.75 Å². The Kier molecular flexibility index (Phi) is 9.27. The van der Waals surface area contributed by atoms with Gasteiger partial charge in [-0.15, -0.1) is 0 Å². The summed E-state index contributed by atoms with van der Waals surface area (Å²) in [4.78, 5) is 10.4. The first kappa shape index (κ1) is 24.0. The largest absolute Gasteiger partial charge is 0.486 e. The number of ether oxygens (including phenoxy) is 2. The number of fused-ring (bicyclic) bond motifs is 1. The molecule has 3 aromatic rings. The summed E-state index contributed by atoms with van der Waals surface area (Å²) < 4.78 is 9.89. The van der Waals surface area contributed by atoms with Crippen molar-refractivity contribution in [2.45, 2.75) is 51.1 Å². The van der Waals surface area contributed by atoms with Crippen molar-refractivity contribution in [2.75, 3.05) is 20.3 Å². The highest BCUT2D eigenvalue weighted by molar-refractivity contribution is 5.86. The Bertz CT molecular complexity index is 963. The smallest absolute Gasteiger partial charge is 0.157 e. The van der Waals surface area contributed by atoms with Crippen LogP contribution in [0.3, 0.4) is 0 Å². The highest BCUT2D eigenvalue weighted by Gasteiger charge is 2.27. The predicted octanol–water partition coefficient (Wildman–Crippen LogP) is 6.06. The molecule has 1 saturated carbocycles. The summed E-state index contributed by atoms with van der Waals surface area (Å²) >= 11 is 0. The minimum Gasteiger partial charge on any atom is -0.486 e. The van der Waals surface area contributed by atoms with Gasteiger partial charge in [0.2, 0.25) is 0 Å². The van der Waals surface area contributed by atoms with Gasteiger partial charge in [0.25, 0.3) is 0 Å². The summed E-state index contributed by atoms with van der Waals surface area (Å²) in [6, 6.07) is 24.3. The Morgan fingerprint density at radius 3 is 2.47 bits per heavy atom. The average Bonchev–Trinajstić information content (AvgIpc) is 3.31. The molecule has 0 amide bonds. The van der Waals surface area contributed by atoms with E-state index in [4.69, 9.17) is 4.74 Å². The predicted molar refractivity (Wildman–Crippen MR) is 131 cm³/mol. The second kappa shape index (κ2) is 12.4. The zero-order valence-electron chi connectivity index (χ0n) is 19.4. The topological polar surface area (TPSA) is 47.6 Å². The molecule has 3 unspecified atom stereocenters. The van der Waals surface area contributed by atoms with Crippen LogP contribution < -0.4 is 10.1 Å². The van der Waals surface area contributed by atoms with E-state index in [2.05, 4.69) is 71.6 Å². The lowest BCUT2D eigenvalue weighted by Gasteiger charge is -2.21. The number of hydrogen-bond acceptors (Lipinski definition) is 4. The molecule has 4 heteroatoms. The monoisotopic (exact) mass is 433 g/mol. The molecule has 1 N–H and O–H groups in total. The molecule has 0 radical (unpaired) electrons. The van der Waals surface area contributed by atoms with Crippen LogP contribution in [0.25, 0.3) is 10.8 Å². The van der Waals surface area contributed by atoms with Gasteiger partial charge in [-0.25, -0.2) is 0 Å².